The maximum atomic E-state index is 12.7. The molecule has 1 fully saturated rings. The molecule has 1 aliphatic rings. The Morgan fingerprint density at radius 3 is 2.47 bits per heavy atom. The molecule has 0 bridgehead atoms. The zero-order valence-electron chi connectivity index (χ0n) is 21.9. The lowest BCUT2D eigenvalue weighted by Crippen LogP contribution is -2.28. The lowest BCUT2D eigenvalue weighted by molar-refractivity contribution is -0.151. The van der Waals surface area contributed by atoms with E-state index in [1.165, 1.54) is 0 Å². The van der Waals surface area contributed by atoms with Gasteiger partial charge >= 0.3 is 5.97 Å². The molecule has 3 aromatic carbocycles. The van der Waals surface area contributed by atoms with E-state index < -0.39 is 24.4 Å². The molecule has 1 heterocycles. The number of rotatable bonds is 8. The molecule has 0 saturated carbocycles. The summed E-state index contributed by atoms with van der Waals surface area (Å²) in [5.74, 6) is -0.0179. The summed E-state index contributed by atoms with van der Waals surface area (Å²) in [5.41, 5.74) is 4.50. The Bertz CT molecular complexity index is 1350. The van der Waals surface area contributed by atoms with E-state index in [0.717, 1.165) is 26.9 Å². The molecule has 1 aliphatic heterocycles. The van der Waals surface area contributed by atoms with Gasteiger partial charge in [-0.3, -0.25) is 14.4 Å². The smallest absolute Gasteiger partial charge is 0.311 e. The second-order valence-electron chi connectivity index (χ2n) is 9.82. The van der Waals surface area contributed by atoms with E-state index in [0.29, 0.717) is 23.0 Å². The summed E-state index contributed by atoms with van der Waals surface area (Å²) >= 11 is 3.42. The molecule has 0 aliphatic carbocycles. The summed E-state index contributed by atoms with van der Waals surface area (Å²) in [6.45, 7) is 7.96. The van der Waals surface area contributed by atoms with Crippen molar-refractivity contribution < 1.29 is 23.9 Å². The number of carbonyl (C=O) groups excluding carboxylic acids is 3. The first-order valence-electron chi connectivity index (χ1n) is 12.5. The molecule has 1 atom stereocenters. The fourth-order valence-electron chi connectivity index (χ4n) is 4.32. The molecule has 0 spiro atoms. The van der Waals surface area contributed by atoms with Crippen molar-refractivity contribution in [2.45, 2.75) is 40.0 Å². The number of aryl methyl sites for hydroxylation is 2. The van der Waals surface area contributed by atoms with Crippen LogP contribution in [0.1, 0.15) is 42.9 Å². The maximum Gasteiger partial charge on any atom is 0.311 e. The number of hydrogen-bond acceptors (Lipinski definition) is 5. The van der Waals surface area contributed by atoms with Crippen LogP contribution in [0.25, 0.3) is 0 Å². The maximum absolute atomic E-state index is 12.7. The Morgan fingerprint density at radius 1 is 1.05 bits per heavy atom. The van der Waals surface area contributed by atoms with Gasteiger partial charge in [-0.15, -0.1) is 0 Å². The number of amides is 2. The van der Waals surface area contributed by atoms with Gasteiger partial charge in [0.1, 0.15) is 11.5 Å². The molecular weight excluding hydrogens is 548 g/mol. The minimum absolute atomic E-state index is 0.0334. The molecule has 1 N–H and O–H groups in total. The average Bonchev–Trinajstić information content (AvgIpc) is 3.27. The fourth-order valence-corrected chi connectivity index (χ4v) is 4.56. The Labute approximate surface area is 231 Å². The number of nitrogens with zero attached hydrogens (tertiary/aromatic N) is 1. The number of halogens is 1. The van der Waals surface area contributed by atoms with Gasteiger partial charge < -0.3 is 19.7 Å². The second kappa shape index (κ2) is 11.8. The summed E-state index contributed by atoms with van der Waals surface area (Å²) in [4.78, 5) is 39.0. The molecule has 4 rings (SSSR count). The monoisotopic (exact) mass is 578 g/mol. The standard InChI is InChI=1S/C30H31BrN2O5/c1-18(2)25-11-5-19(3)13-27(25)38-24-9-7-23(8-10-24)33-16-21(15-29(33)35)30(36)37-17-28(34)32-22-6-12-26(31)20(4)14-22/h5-14,18,21H,15-17H2,1-4H3,(H,32,34)/t21-/m0/s1. The summed E-state index contributed by atoms with van der Waals surface area (Å²) in [6.07, 6.45) is 0.0334. The second-order valence-corrected chi connectivity index (χ2v) is 10.7. The molecule has 2 amide bonds. The van der Waals surface area contributed by atoms with Gasteiger partial charge in [-0.2, -0.15) is 0 Å². The van der Waals surface area contributed by atoms with Gasteiger partial charge in [0, 0.05) is 28.8 Å². The van der Waals surface area contributed by atoms with Crippen LogP contribution >= 0.6 is 15.9 Å². The molecule has 3 aromatic rings. The van der Waals surface area contributed by atoms with Gasteiger partial charge in [0.2, 0.25) is 5.91 Å². The zero-order valence-corrected chi connectivity index (χ0v) is 23.5. The first kappa shape index (κ1) is 27.4. The lowest BCUT2D eigenvalue weighted by Gasteiger charge is -2.18. The number of nitrogens with one attached hydrogen (secondary N) is 1. The van der Waals surface area contributed by atoms with E-state index in [1.807, 2.05) is 44.2 Å². The summed E-state index contributed by atoms with van der Waals surface area (Å²) in [7, 11) is 0. The Hall–Kier alpha value is -3.65. The number of carbonyl (C=O) groups is 3. The molecular formula is C30H31BrN2O5. The minimum Gasteiger partial charge on any atom is -0.457 e. The van der Waals surface area contributed by atoms with E-state index in [4.69, 9.17) is 9.47 Å². The van der Waals surface area contributed by atoms with Crippen LogP contribution in [0.15, 0.2) is 65.1 Å². The van der Waals surface area contributed by atoms with E-state index in [9.17, 15) is 14.4 Å². The topological polar surface area (TPSA) is 84.9 Å². The van der Waals surface area contributed by atoms with Gasteiger partial charge in [0.25, 0.3) is 5.91 Å². The molecule has 1 saturated heterocycles. The summed E-state index contributed by atoms with van der Waals surface area (Å²) in [6, 6.07) is 18.8. The van der Waals surface area contributed by atoms with Gasteiger partial charge in [0.15, 0.2) is 6.61 Å². The third-order valence-electron chi connectivity index (χ3n) is 6.41. The number of esters is 1. The van der Waals surface area contributed by atoms with Crippen LogP contribution in [0.4, 0.5) is 11.4 Å². The first-order valence-corrected chi connectivity index (χ1v) is 13.3. The Kier molecular flexibility index (Phi) is 8.52. The van der Waals surface area contributed by atoms with Crippen molar-refractivity contribution in [1.82, 2.24) is 0 Å². The van der Waals surface area contributed by atoms with Crippen LogP contribution < -0.4 is 15.0 Å². The highest BCUT2D eigenvalue weighted by Gasteiger charge is 2.36. The molecule has 7 nitrogen and oxygen atoms in total. The first-order chi connectivity index (χ1) is 18.1. The van der Waals surface area contributed by atoms with Crippen LogP contribution in [0.3, 0.4) is 0 Å². The molecule has 0 unspecified atom stereocenters. The fraction of sp³-hybridized carbons (Fsp3) is 0.300. The number of ether oxygens (including phenoxy) is 2. The normalized spacial score (nSPS) is 15.1. The predicted molar refractivity (Wildman–Crippen MR) is 151 cm³/mol. The van der Waals surface area contributed by atoms with Crippen LogP contribution in [0, 0.1) is 19.8 Å². The van der Waals surface area contributed by atoms with Crippen LogP contribution in [-0.4, -0.2) is 30.9 Å². The molecule has 0 radical (unpaired) electrons. The highest BCUT2D eigenvalue weighted by atomic mass is 79.9. The lowest BCUT2D eigenvalue weighted by atomic mass is 10.0. The SMILES string of the molecule is Cc1ccc(C(C)C)c(Oc2ccc(N3C[C@@H](C(=O)OCC(=O)Nc4ccc(Br)c(C)c4)CC3=O)cc2)c1. The van der Waals surface area contributed by atoms with Gasteiger partial charge in [-0.25, -0.2) is 0 Å². The van der Waals surface area contributed by atoms with Crippen LogP contribution in [-0.2, 0) is 19.1 Å². The Balaban J connectivity index is 1.32. The van der Waals surface area contributed by atoms with Crippen molar-refractivity contribution in [2.75, 3.05) is 23.4 Å². The van der Waals surface area contributed by atoms with Crippen molar-refractivity contribution in [3.8, 4) is 11.5 Å². The van der Waals surface area contributed by atoms with Crippen molar-refractivity contribution in [3.63, 3.8) is 0 Å². The van der Waals surface area contributed by atoms with Crippen molar-refractivity contribution >= 4 is 45.1 Å². The number of hydrogen-bond donors (Lipinski definition) is 1. The summed E-state index contributed by atoms with van der Waals surface area (Å²) in [5, 5.41) is 2.71. The predicted octanol–water partition coefficient (Wildman–Crippen LogP) is 6.52. The molecule has 8 heteroatoms. The quantitative estimate of drug-likeness (QED) is 0.308. The highest BCUT2D eigenvalue weighted by molar-refractivity contribution is 9.10. The van der Waals surface area contributed by atoms with Crippen molar-refractivity contribution in [1.29, 1.82) is 0 Å². The largest absolute Gasteiger partial charge is 0.457 e. The van der Waals surface area contributed by atoms with Gasteiger partial charge in [0.05, 0.1) is 5.92 Å². The van der Waals surface area contributed by atoms with Crippen molar-refractivity contribution in [3.05, 3.63) is 81.8 Å². The molecule has 198 valence electrons. The van der Waals surface area contributed by atoms with Crippen molar-refractivity contribution in [2.24, 2.45) is 5.92 Å². The molecule has 0 aromatic heterocycles. The summed E-state index contributed by atoms with van der Waals surface area (Å²) < 4.78 is 12.3. The van der Waals surface area contributed by atoms with E-state index in [1.54, 1.807) is 23.1 Å². The third-order valence-corrected chi connectivity index (χ3v) is 7.30. The van der Waals surface area contributed by atoms with E-state index >= 15 is 0 Å². The van der Waals surface area contributed by atoms with Gasteiger partial charge in [-0.05, 0) is 85.0 Å². The van der Waals surface area contributed by atoms with E-state index in [2.05, 4.69) is 47.2 Å². The third kappa shape index (κ3) is 6.61. The number of anilines is 2. The van der Waals surface area contributed by atoms with Crippen LogP contribution in [0.2, 0.25) is 0 Å². The average molecular weight is 579 g/mol. The highest BCUT2D eigenvalue weighted by Crippen LogP contribution is 2.33. The van der Waals surface area contributed by atoms with Gasteiger partial charge in [-0.1, -0.05) is 41.9 Å². The van der Waals surface area contributed by atoms with Crippen LogP contribution in [0.5, 0.6) is 11.5 Å². The number of benzene rings is 3. The minimum atomic E-state index is -0.637. The molecule has 38 heavy (non-hydrogen) atoms. The Morgan fingerprint density at radius 2 is 1.79 bits per heavy atom. The van der Waals surface area contributed by atoms with E-state index in [-0.39, 0.29) is 18.9 Å². The zero-order chi connectivity index (χ0) is 27.4.